The van der Waals surface area contributed by atoms with E-state index in [0.29, 0.717) is 16.1 Å². The third-order valence-corrected chi connectivity index (χ3v) is 2.01. The molecule has 0 amide bonds. The van der Waals surface area contributed by atoms with Crippen molar-refractivity contribution in [1.82, 2.24) is 19.7 Å². The van der Waals surface area contributed by atoms with Gasteiger partial charge in [-0.3, -0.25) is 4.68 Å². The fraction of sp³-hybridized carbons (Fsp3) is 0.125. The highest BCUT2D eigenvalue weighted by atomic mass is 35.5. The number of aryl methyl sites for hydroxylation is 1. The van der Waals surface area contributed by atoms with Crippen LogP contribution in [-0.4, -0.2) is 19.7 Å². The Bertz CT molecular complexity index is 446. The van der Waals surface area contributed by atoms with E-state index in [0.717, 1.165) is 5.56 Å². The van der Waals surface area contributed by atoms with Crippen molar-refractivity contribution in [3.8, 4) is 11.4 Å². The van der Waals surface area contributed by atoms with Gasteiger partial charge in [-0.15, -0.1) is 0 Å². The van der Waals surface area contributed by atoms with Gasteiger partial charge in [-0.2, -0.15) is 5.10 Å². The van der Waals surface area contributed by atoms with Gasteiger partial charge in [0.1, 0.15) is 10.3 Å². The number of hydrogen-bond acceptors (Lipinski definition) is 3. The topological polar surface area (TPSA) is 43.6 Å². The lowest BCUT2D eigenvalue weighted by Gasteiger charge is -1.96. The highest BCUT2D eigenvalue weighted by Crippen LogP contribution is 2.19. The molecule has 0 aliphatic heterocycles. The van der Waals surface area contributed by atoms with Crippen LogP contribution in [0.15, 0.2) is 18.5 Å². The first-order valence-electron chi connectivity index (χ1n) is 3.84. The minimum atomic E-state index is 0.323. The first kappa shape index (κ1) is 9.43. The molecule has 72 valence electrons. The monoisotopic (exact) mass is 228 g/mol. The molecule has 0 aromatic carbocycles. The zero-order valence-corrected chi connectivity index (χ0v) is 8.79. The van der Waals surface area contributed by atoms with Crippen LogP contribution in [0.3, 0.4) is 0 Å². The Morgan fingerprint density at radius 1 is 1.21 bits per heavy atom. The summed E-state index contributed by atoms with van der Waals surface area (Å²) >= 11 is 11.5. The zero-order chi connectivity index (χ0) is 10.1. The number of hydrogen-bond donors (Lipinski definition) is 0. The number of nitrogens with zero attached hydrogens (tertiary/aromatic N) is 4. The Balaban J connectivity index is 2.51. The van der Waals surface area contributed by atoms with E-state index in [2.05, 4.69) is 15.1 Å². The molecule has 0 saturated carbocycles. The lowest BCUT2D eigenvalue weighted by atomic mass is 10.3. The molecule has 0 unspecified atom stereocenters. The van der Waals surface area contributed by atoms with Gasteiger partial charge in [0.25, 0.3) is 0 Å². The molecule has 2 heterocycles. The zero-order valence-electron chi connectivity index (χ0n) is 7.28. The standard InChI is InChI=1S/C8H6Cl2N4/c1-14-4-5(3-11-14)8-12-6(9)2-7(10)13-8/h2-4H,1H3. The van der Waals surface area contributed by atoms with Crippen LogP contribution in [0.5, 0.6) is 0 Å². The second-order valence-corrected chi connectivity index (χ2v) is 3.51. The molecule has 2 rings (SSSR count). The molecule has 0 saturated heterocycles. The third-order valence-electron chi connectivity index (χ3n) is 1.63. The smallest absolute Gasteiger partial charge is 0.165 e. The Kier molecular flexibility index (Phi) is 2.39. The molecule has 0 fully saturated rings. The van der Waals surface area contributed by atoms with E-state index >= 15 is 0 Å². The molecule has 0 atom stereocenters. The van der Waals surface area contributed by atoms with E-state index in [4.69, 9.17) is 23.2 Å². The predicted octanol–water partition coefficient (Wildman–Crippen LogP) is 2.18. The average molecular weight is 229 g/mol. The van der Waals surface area contributed by atoms with Crippen LogP contribution in [-0.2, 0) is 7.05 Å². The minimum absolute atomic E-state index is 0.323. The Hall–Kier alpha value is -1.13. The molecule has 4 nitrogen and oxygen atoms in total. The molecule has 0 aliphatic rings. The molecule has 2 aromatic heterocycles. The van der Waals surface area contributed by atoms with Gasteiger partial charge in [0.15, 0.2) is 5.82 Å². The molecule has 0 N–H and O–H groups in total. The molecule has 0 spiro atoms. The normalized spacial score (nSPS) is 10.5. The van der Waals surface area contributed by atoms with Crippen molar-refractivity contribution in [3.05, 3.63) is 28.8 Å². The van der Waals surface area contributed by atoms with Crippen molar-refractivity contribution in [2.45, 2.75) is 0 Å². The van der Waals surface area contributed by atoms with Crippen LogP contribution in [0.2, 0.25) is 10.3 Å². The summed E-state index contributed by atoms with van der Waals surface area (Å²) in [5.74, 6) is 0.482. The van der Waals surface area contributed by atoms with Crippen LogP contribution in [0.1, 0.15) is 0 Å². The lowest BCUT2D eigenvalue weighted by molar-refractivity contribution is 0.768. The highest BCUT2D eigenvalue weighted by Gasteiger charge is 2.06. The van der Waals surface area contributed by atoms with Crippen LogP contribution >= 0.6 is 23.2 Å². The van der Waals surface area contributed by atoms with E-state index < -0.39 is 0 Å². The van der Waals surface area contributed by atoms with Crippen molar-refractivity contribution in [3.63, 3.8) is 0 Å². The quantitative estimate of drug-likeness (QED) is 0.704. The molecule has 0 bridgehead atoms. The van der Waals surface area contributed by atoms with Crippen molar-refractivity contribution in [2.75, 3.05) is 0 Å². The van der Waals surface area contributed by atoms with Gasteiger partial charge < -0.3 is 0 Å². The van der Waals surface area contributed by atoms with Gasteiger partial charge in [-0.05, 0) is 0 Å². The molecule has 14 heavy (non-hydrogen) atoms. The third kappa shape index (κ3) is 1.86. The summed E-state index contributed by atoms with van der Waals surface area (Å²) in [4.78, 5) is 8.07. The SMILES string of the molecule is Cn1cc(-c2nc(Cl)cc(Cl)n2)cn1. The average Bonchev–Trinajstić information content (AvgIpc) is 2.50. The summed E-state index contributed by atoms with van der Waals surface area (Å²) in [5, 5.41) is 4.65. The first-order valence-corrected chi connectivity index (χ1v) is 4.60. The molecule has 6 heteroatoms. The first-order chi connectivity index (χ1) is 6.65. The molecular formula is C8H6Cl2N4. The van der Waals surface area contributed by atoms with Crippen LogP contribution in [0.4, 0.5) is 0 Å². The van der Waals surface area contributed by atoms with Gasteiger partial charge in [-0.1, -0.05) is 23.2 Å². The Morgan fingerprint density at radius 2 is 1.86 bits per heavy atom. The van der Waals surface area contributed by atoms with Crippen LogP contribution in [0.25, 0.3) is 11.4 Å². The van der Waals surface area contributed by atoms with Crippen molar-refractivity contribution >= 4 is 23.2 Å². The number of aromatic nitrogens is 4. The summed E-state index contributed by atoms with van der Waals surface area (Å²) < 4.78 is 1.66. The molecular weight excluding hydrogens is 223 g/mol. The number of rotatable bonds is 1. The van der Waals surface area contributed by atoms with Gasteiger partial charge >= 0.3 is 0 Å². The number of halogens is 2. The summed E-state index contributed by atoms with van der Waals surface area (Å²) in [6.07, 6.45) is 3.45. The molecule has 2 aromatic rings. The molecule has 0 radical (unpaired) electrons. The largest absolute Gasteiger partial charge is 0.275 e. The fourth-order valence-corrected chi connectivity index (χ4v) is 1.48. The van der Waals surface area contributed by atoms with Gasteiger partial charge in [0.05, 0.1) is 11.8 Å². The summed E-state index contributed by atoms with van der Waals surface area (Å²) in [7, 11) is 1.82. The van der Waals surface area contributed by atoms with Crippen molar-refractivity contribution in [2.24, 2.45) is 7.05 Å². The van der Waals surface area contributed by atoms with E-state index in [1.807, 2.05) is 7.05 Å². The Labute approximate surface area is 90.5 Å². The second-order valence-electron chi connectivity index (χ2n) is 2.74. The minimum Gasteiger partial charge on any atom is -0.275 e. The van der Waals surface area contributed by atoms with E-state index in [9.17, 15) is 0 Å². The summed E-state index contributed by atoms with van der Waals surface area (Å²) in [6, 6.07) is 1.49. The van der Waals surface area contributed by atoms with Crippen molar-refractivity contribution in [1.29, 1.82) is 0 Å². The van der Waals surface area contributed by atoms with Crippen LogP contribution < -0.4 is 0 Å². The van der Waals surface area contributed by atoms with Gasteiger partial charge in [0, 0.05) is 19.3 Å². The lowest BCUT2D eigenvalue weighted by Crippen LogP contribution is -1.89. The van der Waals surface area contributed by atoms with E-state index in [-0.39, 0.29) is 0 Å². The second kappa shape index (κ2) is 3.55. The molecule has 0 aliphatic carbocycles. The van der Waals surface area contributed by atoms with E-state index in [1.165, 1.54) is 6.07 Å². The predicted molar refractivity (Wildman–Crippen MR) is 54.3 cm³/mol. The Morgan fingerprint density at radius 3 is 2.36 bits per heavy atom. The highest BCUT2D eigenvalue weighted by molar-refractivity contribution is 6.33. The summed E-state index contributed by atoms with van der Waals surface area (Å²) in [6.45, 7) is 0. The maximum Gasteiger partial charge on any atom is 0.165 e. The fourth-order valence-electron chi connectivity index (χ4n) is 1.06. The van der Waals surface area contributed by atoms with Gasteiger partial charge in [-0.25, -0.2) is 9.97 Å². The summed E-state index contributed by atoms with van der Waals surface area (Å²) in [5.41, 5.74) is 0.789. The van der Waals surface area contributed by atoms with E-state index in [1.54, 1.807) is 17.1 Å². The maximum absolute atomic E-state index is 5.74. The van der Waals surface area contributed by atoms with Gasteiger partial charge in [0.2, 0.25) is 0 Å². The van der Waals surface area contributed by atoms with Crippen LogP contribution in [0, 0.1) is 0 Å². The maximum atomic E-state index is 5.74. The van der Waals surface area contributed by atoms with Crippen molar-refractivity contribution < 1.29 is 0 Å².